The third kappa shape index (κ3) is 2.70. The summed E-state index contributed by atoms with van der Waals surface area (Å²) < 4.78 is 5.88. The summed E-state index contributed by atoms with van der Waals surface area (Å²) in [6.45, 7) is 3.00. The number of amides is 1. The first kappa shape index (κ1) is 15.3. The number of fused-ring (bicyclic) bond motifs is 1. The van der Waals surface area contributed by atoms with Crippen LogP contribution in [0.4, 0.5) is 0 Å². The summed E-state index contributed by atoms with van der Waals surface area (Å²) in [5.41, 5.74) is 1.88. The van der Waals surface area contributed by atoms with Gasteiger partial charge in [-0.1, -0.05) is 30.3 Å². The van der Waals surface area contributed by atoms with Gasteiger partial charge < -0.3 is 14.5 Å². The van der Waals surface area contributed by atoms with Gasteiger partial charge in [-0.3, -0.25) is 4.79 Å². The lowest BCUT2D eigenvalue weighted by atomic mass is 9.98. The molecule has 0 saturated carbocycles. The van der Waals surface area contributed by atoms with Crippen molar-refractivity contribution in [2.45, 2.75) is 18.6 Å². The number of morpholine rings is 1. The molecule has 2 saturated heterocycles. The third-order valence-electron chi connectivity index (χ3n) is 4.85. The Kier molecular flexibility index (Phi) is 4.03. The molecule has 1 aromatic carbocycles. The Balaban J connectivity index is 1.63. The summed E-state index contributed by atoms with van der Waals surface area (Å²) in [5.74, 6) is -0.0730. The standard InChI is InChI=1S/C17H21N5O2/c1-21-8-7-14-13(11-21)22(9-10-24-14)17(23)16-15(18-20-19-16)12-5-3-2-4-6-12/h2-6,13-14H,7-11H2,1H3,(H,18,19,20). The first-order valence-electron chi connectivity index (χ1n) is 8.31. The van der Waals surface area contributed by atoms with Crippen LogP contribution in [0.5, 0.6) is 0 Å². The smallest absolute Gasteiger partial charge is 0.277 e. The maximum absolute atomic E-state index is 13.1. The molecule has 2 atom stereocenters. The molecule has 0 radical (unpaired) electrons. The van der Waals surface area contributed by atoms with Gasteiger partial charge in [-0.15, -0.1) is 0 Å². The molecule has 1 amide bonds. The molecule has 2 fully saturated rings. The van der Waals surface area contributed by atoms with Crippen LogP contribution in [0.25, 0.3) is 11.3 Å². The lowest BCUT2D eigenvalue weighted by Gasteiger charge is -2.46. The topological polar surface area (TPSA) is 74.3 Å². The number of likely N-dealkylation sites (N-methyl/N-ethyl adjacent to an activating group) is 1. The van der Waals surface area contributed by atoms with Gasteiger partial charge >= 0.3 is 0 Å². The van der Waals surface area contributed by atoms with Gasteiger partial charge in [0.15, 0.2) is 5.69 Å². The van der Waals surface area contributed by atoms with E-state index in [1.54, 1.807) is 0 Å². The highest BCUT2D eigenvalue weighted by atomic mass is 16.5. The highest BCUT2D eigenvalue weighted by molar-refractivity contribution is 5.98. The summed E-state index contributed by atoms with van der Waals surface area (Å²) in [5, 5.41) is 10.9. The second kappa shape index (κ2) is 6.33. The van der Waals surface area contributed by atoms with E-state index in [1.165, 1.54) is 0 Å². The second-order valence-corrected chi connectivity index (χ2v) is 6.41. The summed E-state index contributed by atoms with van der Waals surface area (Å²) >= 11 is 0. The Morgan fingerprint density at radius 2 is 2.08 bits per heavy atom. The largest absolute Gasteiger partial charge is 0.374 e. The van der Waals surface area contributed by atoms with Crippen LogP contribution in [0.3, 0.4) is 0 Å². The molecule has 24 heavy (non-hydrogen) atoms. The highest BCUT2D eigenvalue weighted by Crippen LogP contribution is 2.26. The number of ether oxygens (including phenoxy) is 1. The van der Waals surface area contributed by atoms with Crippen LogP contribution in [-0.4, -0.2) is 76.6 Å². The fourth-order valence-corrected chi connectivity index (χ4v) is 3.60. The van der Waals surface area contributed by atoms with Crippen LogP contribution in [0.2, 0.25) is 0 Å². The number of aromatic amines is 1. The Morgan fingerprint density at radius 1 is 1.25 bits per heavy atom. The lowest BCUT2D eigenvalue weighted by molar-refractivity contribution is -0.0871. The number of likely N-dealkylation sites (tertiary alicyclic amines) is 1. The van der Waals surface area contributed by atoms with Crippen molar-refractivity contribution in [1.82, 2.24) is 25.2 Å². The number of piperidine rings is 1. The molecule has 2 aliphatic rings. The summed E-state index contributed by atoms with van der Waals surface area (Å²) in [6, 6.07) is 9.75. The summed E-state index contributed by atoms with van der Waals surface area (Å²) in [4.78, 5) is 17.3. The van der Waals surface area contributed by atoms with Crippen molar-refractivity contribution in [2.75, 3.05) is 33.3 Å². The van der Waals surface area contributed by atoms with Crippen molar-refractivity contribution in [3.05, 3.63) is 36.0 Å². The van der Waals surface area contributed by atoms with Gasteiger partial charge in [0.05, 0.1) is 18.8 Å². The molecule has 0 bridgehead atoms. The van der Waals surface area contributed by atoms with Gasteiger partial charge in [0, 0.05) is 25.2 Å². The Morgan fingerprint density at radius 3 is 2.92 bits per heavy atom. The van der Waals surface area contributed by atoms with Crippen molar-refractivity contribution in [2.24, 2.45) is 0 Å². The van der Waals surface area contributed by atoms with Gasteiger partial charge in [0.1, 0.15) is 5.69 Å². The van der Waals surface area contributed by atoms with E-state index >= 15 is 0 Å². The van der Waals surface area contributed by atoms with E-state index in [4.69, 9.17) is 4.74 Å². The Hall–Kier alpha value is -2.25. The summed E-state index contributed by atoms with van der Waals surface area (Å²) in [7, 11) is 2.08. The van der Waals surface area contributed by atoms with E-state index < -0.39 is 0 Å². The summed E-state index contributed by atoms with van der Waals surface area (Å²) in [6.07, 6.45) is 1.07. The molecule has 3 heterocycles. The number of benzene rings is 1. The van der Waals surface area contributed by atoms with Gasteiger partial charge in [-0.2, -0.15) is 15.4 Å². The van der Waals surface area contributed by atoms with Crippen LogP contribution in [0.15, 0.2) is 30.3 Å². The highest BCUT2D eigenvalue weighted by Gasteiger charge is 2.39. The first-order valence-corrected chi connectivity index (χ1v) is 8.31. The number of carbonyl (C=O) groups is 1. The lowest BCUT2D eigenvalue weighted by Crippen LogP contribution is -2.60. The van der Waals surface area contributed by atoms with Crippen molar-refractivity contribution >= 4 is 5.91 Å². The Bertz CT molecular complexity index is 717. The van der Waals surface area contributed by atoms with E-state index in [2.05, 4.69) is 27.4 Å². The minimum absolute atomic E-state index is 0.0730. The van der Waals surface area contributed by atoms with Crippen LogP contribution in [0, 0.1) is 0 Å². The molecule has 0 aliphatic carbocycles. The van der Waals surface area contributed by atoms with Crippen LogP contribution in [0.1, 0.15) is 16.9 Å². The van der Waals surface area contributed by atoms with Gasteiger partial charge in [-0.05, 0) is 13.5 Å². The van der Waals surface area contributed by atoms with Crippen LogP contribution in [-0.2, 0) is 4.74 Å². The molecule has 2 unspecified atom stereocenters. The molecular formula is C17H21N5O2. The van der Waals surface area contributed by atoms with Gasteiger partial charge in [0.2, 0.25) is 0 Å². The molecule has 2 aromatic rings. The average molecular weight is 327 g/mol. The number of nitrogens with zero attached hydrogens (tertiary/aromatic N) is 4. The zero-order valence-electron chi connectivity index (χ0n) is 13.7. The van der Waals surface area contributed by atoms with E-state index in [1.807, 2.05) is 35.2 Å². The molecule has 7 nitrogen and oxygen atoms in total. The van der Waals surface area contributed by atoms with E-state index in [9.17, 15) is 4.79 Å². The maximum atomic E-state index is 13.1. The SMILES string of the molecule is CN1CCC2OCCN(C(=O)c3n[nH]nc3-c3ccccc3)C2C1. The van der Waals surface area contributed by atoms with Gasteiger partial charge in [0.25, 0.3) is 5.91 Å². The molecule has 4 rings (SSSR count). The predicted molar refractivity (Wildman–Crippen MR) is 88.5 cm³/mol. The first-order chi connectivity index (χ1) is 11.7. The van der Waals surface area contributed by atoms with Crippen molar-refractivity contribution in [1.29, 1.82) is 0 Å². The predicted octanol–water partition coefficient (Wildman–Crippen LogP) is 1.02. The second-order valence-electron chi connectivity index (χ2n) is 6.41. The molecule has 2 aliphatic heterocycles. The maximum Gasteiger partial charge on any atom is 0.277 e. The fourth-order valence-electron chi connectivity index (χ4n) is 3.60. The van der Waals surface area contributed by atoms with E-state index in [0.29, 0.717) is 24.5 Å². The molecule has 1 aromatic heterocycles. The van der Waals surface area contributed by atoms with Crippen molar-refractivity contribution in [3.8, 4) is 11.3 Å². The fraction of sp³-hybridized carbons (Fsp3) is 0.471. The minimum Gasteiger partial charge on any atom is -0.374 e. The Labute approximate surface area is 140 Å². The van der Waals surface area contributed by atoms with Crippen molar-refractivity contribution < 1.29 is 9.53 Å². The van der Waals surface area contributed by atoms with E-state index in [0.717, 1.165) is 25.1 Å². The number of hydrogen-bond acceptors (Lipinski definition) is 5. The number of H-pyrrole nitrogens is 1. The number of nitrogens with one attached hydrogen (secondary N) is 1. The monoisotopic (exact) mass is 327 g/mol. The number of hydrogen-bond donors (Lipinski definition) is 1. The number of carbonyl (C=O) groups excluding carboxylic acids is 1. The quantitative estimate of drug-likeness (QED) is 0.891. The molecule has 126 valence electrons. The number of aromatic nitrogens is 3. The van der Waals surface area contributed by atoms with E-state index in [-0.39, 0.29) is 18.1 Å². The van der Waals surface area contributed by atoms with Crippen LogP contribution >= 0.6 is 0 Å². The molecule has 0 spiro atoms. The molecule has 7 heteroatoms. The minimum atomic E-state index is -0.0730. The van der Waals surface area contributed by atoms with Gasteiger partial charge in [-0.25, -0.2) is 0 Å². The average Bonchev–Trinajstić information content (AvgIpc) is 3.11. The molecular weight excluding hydrogens is 306 g/mol. The zero-order valence-corrected chi connectivity index (χ0v) is 13.7. The third-order valence-corrected chi connectivity index (χ3v) is 4.85. The normalized spacial score (nSPS) is 24.6. The van der Waals surface area contributed by atoms with Crippen LogP contribution < -0.4 is 0 Å². The zero-order chi connectivity index (χ0) is 16.5. The van der Waals surface area contributed by atoms with Crippen molar-refractivity contribution in [3.63, 3.8) is 0 Å². The number of rotatable bonds is 2. The molecule has 1 N–H and O–H groups in total.